The van der Waals surface area contributed by atoms with Crippen LogP contribution in [0.2, 0.25) is 0 Å². The molecule has 0 saturated carbocycles. The average Bonchev–Trinajstić information content (AvgIpc) is 2.87. The monoisotopic (exact) mass is 231 g/mol. The largest absolute Gasteiger partial charge is 0.419 e. The first-order valence-electron chi connectivity index (χ1n) is 5.86. The average molecular weight is 231 g/mol. The van der Waals surface area contributed by atoms with E-state index in [0.717, 1.165) is 12.0 Å². The molecular formula is C13H17N3O. The SMILES string of the molecule is CC[C@H](C)[C@H](N)c1nnc(-c2ccccc2)o1. The Labute approximate surface area is 101 Å². The lowest BCUT2D eigenvalue weighted by molar-refractivity contribution is 0.368. The summed E-state index contributed by atoms with van der Waals surface area (Å²) in [5.41, 5.74) is 6.96. The van der Waals surface area contributed by atoms with E-state index in [9.17, 15) is 0 Å². The first kappa shape index (κ1) is 11.8. The highest BCUT2D eigenvalue weighted by Crippen LogP contribution is 2.24. The predicted molar refractivity (Wildman–Crippen MR) is 66.1 cm³/mol. The van der Waals surface area contributed by atoms with Crippen molar-refractivity contribution in [2.75, 3.05) is 0 Å². The molecule has 0 radical (unpaired) electrons. The van der Waals surface area contributed by atoms with E-state index in [4.69, 9.17) is 10.2 Å². The molecule has 1 heterocycles. The van der Waals surface area contributed by atoms with Crippen LogP contribution < -0.4 is 5.73 Å². The van der Waals surface area contributed by atoms with Gasteiger partial charge in [-0.05, 0) is 18.1 Å². The second kappa shape index (κ2) is 5.10. The number of hydrogen-bond acceptors (Lipinski definition) is 4. The van der Waals surface area contributed by atoms with E-state index >= 15 is 0 Å². The van der Waals surface area contributed by atoms with E-state index in [1.54, 1.807) is 0 Å². The zero-order valence-electron chi connectivity index (χ0n) is 10.1. The van der Waals surface area contributed by atoms with E-state index in [1.807, 2.05) is 30.3 Å². The highest BCUT2D eigenvalue weighted by molar-refractivity contribution is 5.51. The van der Waals surface area contributed by atoms with Gasteiger partial charge in [0.05, 0.1) is 6.04 Å². The maximum atomic E-state index is 6.04. The Bertz CT molecular complexity index is 467. The summed E-state index contributed by atoms with van der Waals surface area (Å²) < 4.78 is 5.61. The minimum absolute atomic E-state index is 0.190. The summed E-state index contributed by atoms with van der Waals surface area (Å²) in [5, 5.41) is 8.05. The fraction of sp³-hybridized carbons (Fsp3) is 0.385. The van der Waals surface area contributed by atoms with Crippen LogP contribution in [0.15, 0.2) is 34.7 Å². The summed E-state index contributed by atoms with van der Waals surface area (Å²) in [4.78, 5) is 0. The maximum absolute atomic E-state index is 6.04. The normalized spacial score (nSPS) is 14.5. The summed E-state index contributed by atoms with van der Waals surface area (Å²) >= 11 is 0. The molecule has 0 bridgehead atoms. The fourth-order valence-electron chi connectivity index (χ4n) is 1.56. The van der Waals surface area contributed by atoms with Gasteiger partial charge in [0.1, 0.15) is 0 Å². The summed E-state index contributed by atoms with van der Waals surface area (Å²) in [6, 6.07) is 9.51. The quantitative estimate of drug-likeness (QED) is 0.878. The summed E-state index contributed by atoms with van der Waals surface area (Å²) in [6.45, 7) is 4.18. The molecule has 0 aliphatic heterocycles. The van der Waals surface area contributed by atoms with Crippen molar-refractivity contribution < 1.29 is 4.42 Å². The zero-order valence-corrected chi connectivity index (χ0v) is 10.1. The second-order valence-electron chi connectivity index (χ2n) is 4.22. The van der Waals surface area contributed by atoms with Gasteiger partial charge in [-0.25, -0.2) is 0 Å². The number of hydrogen-bond donors (Lipinski definition) is 1. The highest BCUT2D eigenvalue weighted by Gasteiger charge is 2.19. The minimum Gasteiger partial charge on any atom is -0.419 e. The van der Waals surface area contributed by atoms with Gasteiger partial charge in [-0.2, -0.15) is 0 Å². The topological polar surface area (TPSA) is 64.9 Å². The van der Waals surface area contributed by atoms with Gasteiger partial charge in [-0.15, -0.1) is 10.2 Å². The Morgan fingerprint density at radius 1 is 1.24 bits per heavy atom. The fourth-order valence-corrected chi connectivity index (χ4v) is 1.56. The first-order chi connectivity index (χ1) is 8.22. The Morgan fingerprint density at radius 2 is 1.94 bits per heavy atom. The van der Waals surface area contributed by atoms with Crippen LogP contribution in [0.25, 0.3) is 11.5 Å². The van der Waals surface area contributed by atoms with Crippen LogP contribution in [0.3, 0.4) is 0 Å². The van der Waals surface area contributed by atoms with Crippen LogP contribution in [-0.4, -0.2) is 10.2 Å². The molecule has 2 atom stereocenters. The van der Waals surface area contributed by atoms with Crippen molar-refractivity contribution in [3.63, 3.8) is 0 Å². The number of rotatable bonds is 4. The van der Waals surface area contributed by atoms with Gasteiger partial charge in [-0.1, -0.05) is 38.5 Å². The molecule has 2 rings (SSSR count). The van der Waals surface area contributed by atoms with E-state index in [0.29, 0.717) is 17.7 Å². The summed E-state index contributed by atoms with van der Waals surface area (Å²) in [6.07, 6.45) is 0.990. The van der Waals surface area contributed by atoms with Gasteiger partial charge >= 0.3 is 0 Å². The number of nitrogens with two attached hydrogens (primary N) is 1. The van der Waals surface area contributed by atoms with Gasteiger partial charge in [-0.3, -0.25) is 0 Å². The Morgan fingerprint density at radius 3 is 2.59 bits per heavy atom. The van der Waals surface area contributed by atoms with Crippen LogP contribution >= 0.6 is 0 Å². The van der Waals surface area contributed by atoms with Crippen LogP contribution in [-0.2, 0) is 0 Å². The molecule has 0 aliphatic rings. The Hall–Kier alpha value is -1.68. The van der Waals surface area contributed by atoms with Gasteiger partial charge in [0.15, 0.2) is 0 Å². The molecule has 1 aromatic heterocycles. The first-order valence-corrected chi connectivity index (χ1v) is 5.86. The minimum atomic E-state index is -0.190. The molecular weight excluding hydrogens is 214 g/mol. The van der Waals surface area contributed by atoms with E-state index < -0.39 is 0 Å². The molecule has 4 nitrogen and oxygen atoms in total. The van der Waals surface area contributed by atoms with E-state index in [2.05, 4.69) is 24.0 Å². The van der Waals surface area contributed by atoms with Gasteiger partial charge in [0.25, 0.3) is 0 Å². The molecule has 90 valence electrons. The molecule has 2 aromatic rings. The molecule has 0 aliphatic carbocycles. The van der Waals surface area contributed by atoms with E-state index in [1.165, 1.54) is 0 Å². The summed E-state index contributed by atoms with van der Waals surface area (Å²) in [7, 11) is 0. The lowest BCUT2D eigenvalue weighted by atomic mass is 10.0. The van der Waals surface area contributed by atoms with Crippen molar-refractivity contribution in [2.24, 2.45) is 11.7 Å². The van der Waals surface area contributed by atoms with Crippen molar-refractivity contribution in [1.82, 2.24) is 10.2 Å². The molecule has 0 saturated heterocycles. The van der Waals surface area contributed by atoms with Gasteiger partial charge in [0.2, 0.25) is 11.8 Å². The maximum Gasteiger partial charge on any atom is 0.247 e. The van der Waals surface area contributed by atoms with Crippen molar-refractivity contribution in [1.29, 1.82) is 0 Å². The number of aromatic nitrogens is 2. The molecule has 2 N–H and O–H groups in total. The van der Waals surface area contributed by atoms with Crippen molar-refractivity contribution in [3.8, 4) is 11.5 Å². The van der Waals surface area contributed by atoms with Gasteiger partial charge < -0.3 is 10.2 Å². The zero-order chi connectivity index (χ0) is 12.3. The molecule has 17 heavy (non-hydrogen) atoms. The number of nitrogens with zero attached hydrogens (tertiary/aromatic N) is 2. The van der Waals surface area contributed by atoms with Crippen molar-refractivity contribution in [2.45, 2.75) is 26.3 Å². The predicted octanol–water partition coefficient (Wildman–Crippen LogP) is 2.78. The molecule has 0 amide bonds. The van der Waals surface area contributed by atoms with Crippen LogP contribution in [0, 0.1) is 5.92 Å². The van der Waals surface area contributed by atoms with Crippen LogP contribution in [0.1, 0.15) is 32.2 Å². The second-order valence-corrected chi connectivity index (χ2v) is 4.22. The molecule has 0 fully saturated rings. The third kappa shape index (κ3) is 2.53. The molecule has 0 spiro atoms. The smallest absolute Gasteiger partial charge is 0.247 e. The van der Waals surface area contributed by atoms with E-state index in [-0.39, 0.29) is 6.04 Å². The van der Waals surface area contributed by atoms with Crippen LogP contribution in [0.4, 0.5) is 0 Å². The van der Waals surface area contributed by atoms with Crippen molar-refractivity contribution in [3.05, 3.63) is 36.2 Å². The lowest BCUT2D eigenvalue weighted by Gasteiger charge is -2.13. The van der Waals surface area contributed by atoms with Crippen molar-refractivity contribution >= 4 is 0 Å². The van der Waals surface area contributed by atoms with Crippen LogP contribution in [0.5, 0.6) is 0 Å². The molecule has 0 unspecified atom stereocenters. The third-order valence-electron chi connectivity index (χ3n) is 3.00. The standard InChI is InChI=1S/C13H17N3O/c1-3-9(2)11(14)13-16-15-12(17-13)10-7-5-4-6-8-10/h4-9,11H,3,14H2,1-2H3/t9-,11-/m0/s1. The Kier molecular flexibility index (Phi) is 3.54. The van der Waals surface area contributed by atoms with Gasteiger partial charge in [0, 0.05) is 5.56 Å². The molecule has 4 heteroatoms. The highest BCUT2D eigenvalue weighted by atomic mass is 16.4. The Balaban J connectivity index is 2.22. The summed E-state index contributed by atoms with van der Waals surface area (Å²) in [5.74, 6) is 1.37. The lowest BCUT2D eigenvalue weighted by Crippen LogP contribution is -2.18. The molecule has 1 aromatic carbocycles. The number of benzene rings is 1. The third-order valence-corrected chi connectivity index (χ3v) is 3.00.